The molecule has 0 spiro atoms. The first kappa shape index (κ1) is 13.6. The Kier molecular flexibility index (Phi) is 4.45. The van der Waals surface area contributed by atoms with Gasteiger partial charge >= 0.3 is 22.5 Å². The van der Waals surface area contributed by atoms with Gasteiger partial charge < -0.3 is 19.7 Å². The summed E-state index contributed by atoms with van der Waals surface area (Å²) in [6.07, 6.45) is -3.18. The van der Waals surface area contributed by atoms with E-state index in [1.54, 1.807) is 0 Å². The molecule has 0 saturated carbocycles. The molecule has 88 valence electrons. The Labute approximate surface area is 84.6 Å². The van der Waals surface area contributed by atoms with Gasteiger partial charge in [0.2, 0.25) is 0 Å². The minimum Gasteiger partial charge on any atom is -0.465 e. The molecule has 0 aliphatic heterocycles. The lowest BCUT2D eigenvalue weighted by Gasteiger charge is -2.16. The molecular formula is C5H9NO8S. The Hall–Kier alpha value is -1.39. The topological polar surface area (TPSA) is 150 Å². The molecule has 0 aromatic carbocycles. The molecule has 0 aliphatic rings. The highest BCUT2D eigenvalue weighted by Crippen LogP contribution is 1.99. The fourth-order valence-electron chi connectivity index (χ4n) is 0.665. The summed E-state index contributed by atoms with van der Waals surface area (Å²) in [5.74, 6) is -1.63. The molecule has 15 heavy (non-hydrogen) atoms. The van der Waals surface area contributed by atoms with Crippen molar-refractivity contribution < 1.29 is 37.0 Å². The van der Waals surface area contributed by atoms with Crippen molar-refractivity contribution in [2.24, 2.45) is 0 Å². The van der Waals surface area contributed by atoms with Crippen molar-refractivity contribution in [1.82, 2.24) is 5.32 Å². The summed E-state index contributed by atoms with van der Waals surface area (Å²) in [6.45, 7) is 1.03. The lowest BCUT2D eigenvalue weighted by atomic mass is 10.2. The third-order valence-electron chi connectivity index (χ3n) is 1.20. The number of aliphatic hydroxyl groups excluding tert-OH is 1. The molecule has 0 saturated heterocycles. The number of carboxylic acid groups (broad SMARTS) is 1. The predicted octanol–water partition coefficient (Wildman–Crippen LogP) is -1.65. The summed E-state index contributed by atoms with van der Waals surface area (Å²) >= 11 is 0. The first-order valence-corrected chi connectivity index (χ1v) is 4.88. The van der Waals surface area contributed by atoms with Gasteiger partial charge in [-0.05, 0) is 6.92 Å². The number of aliphatic hydroxyl groups is 1. The van der Waals surface area contributed by atoms with Gasteiger partial charge in [-0.15, -0.1) is 0 Å². The average molecular weight is 243 g/mol. The van der Waals surface area contributed by atoms with Gasteiger partial charge in [-0.25, -0.2) is 9.59 Å². The van der Waals surface area contributed by atoms with Crippen LogP contribution in [0.2, 0.25) is 0 Å². The van der Waals surface area contributed by atoms with E-state index in [-0.39, 0.29) is 0 Å². The van der Waals surface area contributed by atoms with Crippen LogP contribution >= 0.6 is 0 Å². The van der Waals surface area contributed by atoms with Crippen molar-refractivity contribution in [3.8, 4) is 0 Å². The van der Waals surface area contributed by atoms with E-state index in [4.69, 9.17) is 14.8 Å². The summed E-state index contributed by atoms with van der Waals surface area (Å²) in [5, 5.41) is 18.7. The van der Waals surface area contributed by atoms with E-state index in [1.807, 2.05) is 0 Å². The van der Waals surface area contributed by atoms with Gasteiger partial charge in [0.15, 0.2) is 6.04 Å². The van der Waals surface area contributed by atoms with Crippen LogP contribution in [0.4, 0.5) is 4.79 Å². The number of carbonyl (C=O) groups excluding carboxylic acids is 1. The Morgan fingerprint density at radius 1 is 1.40 bits per heavy atom. The van der Waals surface area contributed by atoms with Crippen molar-refractivity contribution >= 4 is 22.5 Å². The van der Waals surface area contributed by atoms with E-state index >= 15 is 0 Å². The van der Waals surface area contributed by atoms with Crippen LogP contribution in [0.1, 0.15) is 6.92 Å². The van der Waals surface area contributed by atoms with Crippen molar-refractivity contribution in [3.63, 3.8) is 0 Å². The highest BCUT2D eigenvalue weighted by atomic mass is 32.3. The van der Waals surface area contributed by atoms with Gasteiger partial charge in [-0.2, -0.15) is 8.42 Å². The average Bonchev–Trinajstić information content (AvgIpc) is 1.95. The summed E-state index contributed by atoms with van der Waals surface area (Å²) in [6, 6.07) is -1.80. The third kappa shape index (κ3) is 5.83. The molecule has 0 aromatic rings. The molecule has 0 radical (unpaired) electrons. The molecule has 0 aromatic heterocycles. The standard InChI is InChI=1S/C5H9NO8S/c1-2(7)3(6-5(9)10)4(8)14-15(11,12)13/h2-3,6-7H,1H3,(H,9,10)(H,11,12,13)/t2-,3+/m1/s1. The quantitative estimate of drug-likeness (QED) is 0.429. The maximum Gasteiger partial charge on any atom is 0.449 e. The molecule has 1 amide bonds. The highest BCUT2D eigenvalue weighted by Gasteiger charge is 2.30. The maximum absolute atomic E-state index is 10.9. The van der Waals surface area contributed by atoms with Crippen LogP contribution in [0.15, 0.2) is 0 Å². The molecule has 0 unspecified atom stereocenters. The van der Waals surface area contributed by atoms with E-state index in [2.05, 4.69) is 4.18 Å². The minimum atomic E-state index is -5.03. The molecule has 0 rings (SSSR count). The normalized spacial score (nSPS) is 15.1. The molecule has 0 fully saturated rings. The first-order chi connectivity index (χ1) is 6.63. The van der Waals surface area contributed by atoms with Crippen LogP contribution in [0, 0.1) is 0 Å². The minimum absolute atomic E-state index is 1.03. The van der Waals surface area contributed by atoms with Crippen molar-refractivity contribution in [3.05, 3.63) is 0 Å². The van der Waals surface area contributed by atoms with Crippen LogP contribution in [0.3, 0.4) is 0 Å². The van der Waals surface area contributed by atoms with Crippen LogP contribution < -0.4 is 5.32 Å². The first-order valence-electron chi connectivity index (χ1n) is 3.51. The van der Waals surface area contributed by atoms with E-state index in [9.17, 15) is 18.0 Å². The van der Waals surface area contributed by atoms with Gasteiger partial charge in [0, 0.05) is 0 Å². The largest absolute Gasteiger partial charge is 0.465 e. The molecule has 2 atom stereocenters. The molecule has 4 N–H and O–H groups in total. The molecule has 0 heterocycles. The van der Waals surface area contributed by atoms with Crippen molar-refractivity contribution in [2.45, 2.75) is 19.1 Å². The molecule has 0 aliphatic carbocycles. The Balaban J connectivity index is 4.64. The maximum atomic E-state index is 10.9. The number of hydrogen-bond acceptors (Lipinski definition) is 6. The van der Waals surface area contributed by atoms with E-state index < -0.39 is 34.6 Å². The molecule has 0 bridgehead atoms. The SMILES string of the molecule is C[C@@H](O)[C@H](NC(=O)O)C(=O)OS(=O)(=O)O. The lowest BCUT2D eigenvalue weighted by molar-refractivity contribution is -0.139. The smallest absolute Gasteiger partial charge is 0.449 e. The third-order valence-corrected chi connectivity index (χ3v) is 1.58. The lowest BCUT2D eigenvalue weighted by Crippen LogP contribution is -2.48. The fraction of sp³-hybridized carbons (Fsp3) is 0.600. The summed E-state index contributed by atoms with van der Waals surface area (Å²) in [4.78, 5) is 21.0. The second-order valence-electron chi connectivity index (χ2n) is 2.50. The van der Waals surface area contributed by atoms with Gasteiger partial charge in [0.1, 0.15) is 0 Å². The van der Waals surface area contributed by atoms with Crippen molar-refractivity contribution in [1.29, 1.82) is 0 Å². The zero-order valence-corrected chi connectivity index (χ0v) is 8.26. The van der Waals surface area contributed by atoms with E-state index in [0.29, 0.717) is 0 Å². The predicted molar refractivity (Wildman–Crippen MR) is 44.3 cm³/mol. The number of carbonyl (C=O) groups is 2. The Bertz CT molecular complexity index is 346. The summed E-state index contributed by atoms with van der Waals surface area (Å²) < 4.78 is 31.8. The zero-order chi connectivity index (χ0) is 12.2. The highest BCUT2D eigenvalue weighted by molar-refractivity contribution is 7.81. The summed E-state index contributed by atoms with van der Waals surface area (Å²) in [5.41, 5.74) is 0. The van der Waals surface area contributed by atoms with Crippen LogP contribution in [-0.2, 0) is 19.4 Å². The van der Waals surface area contributed by atoms with E-state index in [1.165, 1.54) is 5.32 Å². The van der Waals surface area contributed by atoms with Gasteiger partial charge in [0.05, 0.1) is 6.10 Å². The molecule has 10 heteroatoms. The van der Waals surface area contributed by atoms with Gasteiger partial charge in [-0.1, -0.05) is 0 Å². The number of hydrogen-bond donors (Lipinski definition) is 4. The number of rotatable bonds is 4. The fourth-order valence-corrected chi connectivity index (χ4v) is 0.976. The number of amides is 1. The Morgan fingerprint density at radius 2 is 1.87 bits per heavy atom. The second-order valence-corrected chi connectivity index (χ2v) is 3.52. The zero-order valence-electron chi connectivity index (χ0n) is 7.45. The molecular weight excluding hydrogens is 234 g/mol. The Morgan fingerprint density at radius 3 is 2.13 bits per heavy atom. The van der Waals surface area contributed by atoms with Gasteiger partial charge in [0.25, 0.3) is 0 Å². The molecule has 9 nitrogen and oxygen atoms in total. The van der Waals surface area contributed by atoms with Gasteiger partial charge in [-0.3, -0.25) is 4.55 Å². The van der Waals surface area contributed by atoms with Crippen molar-refractivity contribution in [2.75, 3.05) is 0 Å². The van der Waals surface area contributed by atoms with Crippen LogP contribution in [-0.4, -0.2) is 47.4 Å². The number of nitrogens with one attached hydrogen (secondary N) is 1. The second kappa shape index (κ2) is 4.91. The monoisotopic (exact) mass is 243 g/mol. The van der Waals surface area contributed by atoms with Crippen LogP contribution in [0.5, 0.6) is 0 Å². The van der Waals surface area contributed by atoms with Crippen LogP contribution in [0.25, 0.3) is 0 Å². The van der Waals surface area contributed by atoms with E-state index in [0.717, 1.165) is 6.92 Å². The summed E-state index contributed by atoms with van der Waals surface area (Å²) in [7, 11) is -5.03.